The van der Waals surface area contributed by atoms with E-state index in [1.165, 1.54) is 0 Å². The molecular weight excluding hydrogens is 404 g/mol. The minimum atomic E-state index is -0.516. The topological polar surface area (TPSA) is 72.6 Å². The van der Waals surface area contributed by atoms with Gasteiger partial charge in [0.25, 0.3) is 0 Å². The molecule has 3 heterocycles. The Kier molecular flexibility index (Phi) is 4.84. The summed E-state index contributed by atoms with van der Waals surface area (Å²) in [7, 11) is 0. The monoisotopic (exact) mass is 432 g/mol. The van der Waals surface area contributed by atoms with E-state index in [2.05, 4.69) is 5.16 Å². The van der Waals surface area contributed by atoms with E-state index in [4.69, 9.17) is 9.26 Å². The van der Waals surface area contributed by atoms with Gasteiger partial charge in [0.05, 0.1) is 18.4 Å². The number of fused-ring (bicyclic) bond motifs is 2. The third-order valence-corrected chi connectivity index (χ3v) is 7.21. The van der Waals surface area contributed by atoms with Crippen LogP contribution in [0.3, 0.4) is 0 Å². The molecule has 0 saturated carbocycles. The maximum Gasteiger partial charge on any atom is 0.228 e. The fraction of sp³-hybridized carbons (Fsp3) is 0.423. The van der Waals surface area contributed by atoms with Crippen LogP contribution in [0, 0.1) is 27.7 Å². The molecule has 1 aromatic heterocycles. The standard InChI is InChI=1S/C26H28N2O4/c1-15-9-19-21(27-32-24(19)12-18(15)4)13-25(30)28-7-5-26(6-8-28)14-22(29)20-10-16(2)17(3)11-23(20)31-26/h9-12H,5-8,13-14H2,1-4H3. The van der Waals surface area contributed by atoms with Crippen LogP contribution in [0.1, 0.15) is 57.6 Å². The minimum absolute atomic E-state index is 0.0299. The molecule has 0 radical (unpaired) electrons. The van der Waals surface area contributed by atoms with Crippen LogP contribution in [0.4, 0.5) is 0 Å². The van der Waals surface area contributed by atoms with Gasteiger partial charge >= 0.3 is 0 Å². The van der Waals surface area contributed by atoms with E-state index in [1.54, 1.807) is 0 Å². The van der Waals surface area contributed by atoms with Crippen LogP contribution in [0.2, 0.25) is 0 Å². The van der Waals surface area contributed by atoms with Crippen molar-refractivity contribution in [3.05, 3.63) is 57.8 Å². The number of hydrogen-bond donors (Lipinski definition) is 0. The second kappa shape index (κ2) is 7.47. The van der Waals surface area contributed by atoms with Gasteiger partial charge in [0.2, 0.25) is 5.91 Å². The van der Waals surface area contributed by atoms with Gasteiger partial charge in [-0.25, -0.2) is 0 Å². The zero-order valence-electron chi connectivity index (χ0n) is 19.1. The molecule has 2 aliphatic rings. The van der Waals surface area contributed by atoms with Gasteiger partial charge in [0, 0.05) is 31.3 Å². The van der Waals surface area contributed by atoms with Crippen LogP contribution in [0.15, 0.2) is 28.8 Å². The van der Waals surface area contributed by atoms with Crippen LogP contribution in [0.25, 0.3) is 11.0 Å². The summed E-state index contributed by atoms with van der Waals surface area (Å²) in [4.78, 5) is 27.7. The average Bonchev–Trinajstić information content (AvgIpc) is 3.12. The first-order valence-corrected chi connectivity index (χ1v) is 11.2. The molecule has 3 aromatic rings. The van der Waals surface area contributed by atoms with Gasteiger partial charge in [-0.2, -0.15) is 0 Å². The van der Waals surface area contributed by atoms with Crippen LogP contribution < -0.4 is 4.74 Å². The minimum Gasteiger partial charge on any atom is -0.486 e. The first kappa shape index (κ1) is 20.7. The molecule has 1 amide bonds. The Balaban J connectivity index is 1.29. The number of carbonyl (C=O) groups is 2. The lowest BCUT2D eigenvalue weighted by atomic mass is 9.82. The molecule has 1 spiro atoms. The van der Waals surface area contributed by atoms with Crippen molar-refractivity contribution in [1.82, 2.24) is 10.1 Å². The van der Waals surface area contributed by atoms with E-state index in [0.717, 1.165) is 27.6 Å². The van der Waals surface area contributed by atoms with Gasteiger partial charge in [-0.3, -0.25) is 9.59 Å². The van der Waals surface area contributed by atoms with Gasteiger partial charge in [-0.15, -0.1) is 0 Å². The number of likely N-dealkylation sites (tertiary alicyclic amines) is 1. The van der Waals surface area contributed by atoms with Crippen molar-refractivity contribution in [3.63, 3.8) is 0 Å². The Labute approximate surface area is 187 Å². The molecule has 2 aliphatic heterocycles. The van der Waals surface area contributed by atoms with Crippen molar-refractivity contribution in [1.29, 1.82) is 0 Å². The van der Waals surface area contributed by atoms with Crippen molar-refractivity contribution in [2.24, 2.45) is 0 Å². The number of aryl methyl sites for hydroxylation is 4. The summed E-state index contributed by atoms with van der Waals surface area (Å²) in [5.74, 6) is 0.847. The van der Waals surface area contributed by atoms with Gasteiger partial charge < -0.3 is 14.2 Å². The molecular formula is C26H28N2O4. The number of amides is 1. The molecule has 166 valence electrons. The predicted molar refractivity (Wildman–Crippen MR) is 121 cm³/mol. The highest BCUT2D eigenvalue weighted by Crippen LogP contribution is 2.40. The molecule has 6 nitrogen and oxygen atoms in total. The van der Waals surface area contributed by atoms with E-state index < -0.39 is 5.60 Å². The van der Waals surface area contributed by atoms with Crippen molar-refractivity contribution < 1.29 is 18.8 Å². The number of nitrogens with zero attached hydrogens (tertiary/aromatic N) is 2. The number of ketones is 1. The lowest BCUT2D eigenvalue weighted by Gasteiger charge is -2.44. The third-order valence-electron chi connectivity index (χ3n) is 7.21. The SMILES string of the molecule is Cc1cc2c(cc1C)C(=O)CC1(CCN(C(=O)Cc3noc4cc(C)c(C)cc34)CC1)O2. The molecule has 2 aromatic carbocycles. The summed E-state index contributed by atoms with van der Waals surface area (Å²) in [6.45, 7) is 9.26. The molecule has 0 atom stereocenters. The van der Waals surface area contributed by atoms with E-state index in [-0.39, 0.29) is 18.1 Å². The highest BCUT2D eigenvalue weighted by molar-refractivity contribution is 6.00. The van der Waals surface area contributed by atoms with E-state index in [1.807, 2.05) is 56.9 Å². The number of carbonyl (C=O) groups excluding carboxylic acids is 2. The highest BCUT2D eigenvalue weighted by Gasteiger charge is 2.43. The summed E-state index contributed by atoms with van der Waals surface area (Å²) in [6.07, 6.45) is 1.88. The van der Waals surface area contributed by atoms with Crippen LogP contribution >= 0.6 is 0 Å². The molecule has 0 N–H and O–H groups in total. The van der Waals surface area contributed by atoms with Gasteiger partial charge in [-0.05, 0) is 74.2 Å². The zero-order chi connectivity index (χ0) is 22.6. The quantitative estimate of drug-likeness (QED) is 0.590. The van der Waals surface area contributed by atoms with Crippen molar-refractivity contribution >= 4 is 22.7 Å². The van der Waals surface area contributed by atoms with Crippen molar-refractivity contribution in [3.8, 4) is 5.75 Å². The lowest BCUT2D eigenvalue weighted by molar-refractivity contribution is -0.134. The fourth-order valence-corrected chi connectivity index (χ4v) is 4.82. The molecule has 0 unspecified atom stereocenters. The van der Waals surface area contributed by atoms with Crippen LogP contribution in [-0.2, 0) is 11.2 Å². The molecule has 0 bridgehead atoms. The Bertz CT molecular complexity index is 1250. The molecule has 0 aliphatic carbocycles. The second-order valence-corrected chi connectivity index (χ2v) is 9.44. The van der Waals surface area contributed by atoms with Gasteiger partial charge in [-0.1, -0.05) is 5.16 Å². The summed E-state index contributed by atoms with van der Waals surface area (Å²) in [6, 6.07) is 7.91. The molecule has 1 fully saturated rings. The summed E-state index contributed by atoms with van der Waals surface area (Å²) < 4.78 is 11.8. The Hall–Kier alpha value is -3.15. The van der Waals surface area contributed by atoms with Crippen LogP contribution in [0.5, 0.6) is 5.75 Å². The molecule has 32 heavy (non-hydrogen) atoms. The number of piperidine rings is 1. The largest absolute Gasteiger partial charge is 0.486 e. The Morgan fingerprint density at radius 2 is 1.66 bits per heavy atom. The molecule has 6 heteroatoms. The number of Topliss-reactive ketones (excluding diaryl/α,β-unsaturated/α-hetero) is 1. The van der Waals surface area contributed by atoms with Crippen molar-refractivity contribution in [2.45, 2.75) is 59.0 Å². The summed E-state index contributed by atoms with van der Waals surface area (Å²) >= 11 is 0. The highest BCUT2D eigenvalue weighted by atomic mass is 16.5. The number of rotatable bonds is 2. The lowest BCUT2D eigenvalue weighted by Crippen LogP contribution is -2.52. The maximum absolute atomic E-state index is 13.0. The summed E-state index contributed by atoms with van der Waals surface area (Å²) in [5.41, 5.74) is 6.07. The Morgan fingerprint density at radius 1 is 1.00 bits per heavy atom. The first-order valence-electron chi connectivity index (χ1n) is 11.2. The number of hydrogen-bond acceptors (Lipinski definition) is 5. The number of ether oxygens (including phenoxy) is 1. The maximum atomic E-state index is 13.0. The second-order valence-electron chi connectivity index (χ2n) is 9.44. The average molecular weight is 433 g/mol. The fourth-order valence-electron chi connectivity index (χ4n) is 4.82. The third kappa shape index (κ3) is 3.48. The van der Waals surface area contributed by atoms with Gasteiger partial charge in [0.15, 0.2) is 11.4 Å². The summed E-state index contributed by atoms with van der Waals surface area (Å²) in [5, 5.41) is 5.06. The number of benzene rings is 2. The number of aromatic nitrogens is 1. The van der Waals surface area contributed by atoms with Gasteiger partial charge in [0.1, 0.15) is 17.0 Å². The molecule has 1 saturated heterocycles. The Morgan fingerprint density at radius 3 is 2.41 bits per heavy atom. The zero-order valence-corrected chi connectivity index (χ0v) is 19.1. The first-order chi connectivity index (χ1) is 15.2. The smallest absolute Gasteiger partial charge is 0.228 e. The van der Waals surface area contributed by atoms with E-state index >= 15 is 0 Å². The normalized spacial score (nSPS) is 17.5. The van der Waals surface area contributed by atoms with E-state index in [0.29, 0.717) is 54.9 Å². The molecule has 5 rings (SSSR count). The van der Waals surface area contributed by atoms with Crippen LogP contribution in [-0.4, -0.2) is 40.4 Å². The van der Waals surface area contributed by atoms with E-state index in [9.17, 15) is 9.59 Å². The predicted octanol–water partition coefficient (Wildman–Crippen LogP) is 4.63. The van der Waals surface area contributed by atoms with Crippen molar-refractivity contribution in [2.75, 3.05) is 13.1 Å².